The molecule has 2 aromatic heterocycles. The van der Waals surface area contributed by atoms with Gasteiger partial charge >= 0.3 is 0 Å². The van der Waals surface area contributed by atoms with Crippen molar-refractivity contribution >= 4 is 22.7 Å². The van der Waals surface area contributed by atoms with Crippen LogP contribution in [0, 0.1) is 0 Å². The van der Waals surface area contributed by atoms with Gasteiger partial charge in [-0.1, -0.05) is 0 Å². The normalized spacial score (nSPS) is 10.8. The van der Waals surface area contributed by atoms with E-state index in [1.807, 2.05) is 31.1 Å². The van der Waals surface area contributed by atoms with E-state index < -0.39 is 0 Å². The first-order valence-electron chi connectivity index (χ1n) is 6.72. The number of nitrogens with one attached hydrogen (secondary N) is 1. The van der Waals surface area contributed by atoms with Crippen LogP contribution >= 0.6 is 0 Å². The van der Waals surface area contributed by atoms with Gasteiger partial charge in [-0.2, -0.15) is 4.98 Å². The molecule has 0 saturated heterocycles. The first-order chi connectivity index (χ1) is 10.5. The van der Waals surface area contributed by atoms with E-state index in [0.29, 0.717) is 29.2 Å². The first-order valence-corrected chi connectivity index (χ1v) is 6.72. The summed E-state index contributed by atoms with van der Waals surface area (Å²) >= 11 is 0. The van der Waals surface area contributed by atoms with Gasteiger partial charge in [0, 0.05) is 25.5 Å². The quantitative estimate of drug-likeness (QED) is 0.636. The van der Waals surface area contributed by atoms with Crippen molar-refractivity contribution in [3.63, 3.8) is 0 Å². The van der Waals surface area contributed by atoms with Crippen molar-refractivity contribution in [3.05, 3.63) is 36.3 Å². The zero-order valence-electron chi connectivity index (χ0n) is 12.2. The third-order valence-corrected chi connectivity index (χ3v) is 3.20. The molecule has 0 aliphatic heterocycles. The van der Waals surface area contributed by atoms with Crippen LogP contribution < -0.4 is 10.2 Å². The smallest absolute Gasteiger partial charge is 0.225 e. The maximum Gasteiger partial charge on any atom is 0.225 e. The van der Waals surface area contributed by atoms with Crippen LogP contribution in [0.4, 0.5) is 11.8 Å². The van der Waals surface area contributed by atoms with Crippen LogP contribution in [0.25, 0.3) is 10.9 Å². The van der Waals surface area contributed by atoms with E-state index in [2.05, 4.69) is 15.3 Å². The van der Waals surface area contributed by atoms with Crippen LogP contribution in [0.5, 0.6) is 11.5 Å². The van der Waals surface area contributed by atoms with Gasteiger partial charge in [-0.05, 0) is 18.2 Å². The molecule has 0 aliphatic rings. The Balaban J connectivity index is 2.02. The monoisotopic (exact) mass is 300 g/mol. The number of aromatic nitrogens is 2. The number of benzene rings is 1. The molecule has 0 radical (unpaired) electrons. The second-order valence-corrected chi connectivity index (χ2v) is 5.06. The first kappa shape index (κ1) is 14.0. The average Bonchev–Trinajstić information content (AvgIpc) is 2.99. The molecule has 0 bridgehead atoms. The standard InChI is InChI=1S/C15H16N4O3/c1-19(2)14-10-6-12(20)13(21)7-11(10)17-15(18-14)16-8-9-4-3-5-22-9/h3-7,20-21H,8H2,1-2H3,(H,16,17,18). The molecule has 0 unspecified atom stereocenters. The Morgan fingerprint density at radius 3 is 2.64 bits per heavy atom. The van der Waals surface area contributed by atoms with E-state index in [4.69, 9.17) is 4.42 Å². The molecule has 0 fully saturated rings. The molecule has 0 spiro atoms. The lowest BCUT2D eigenvalue weighted by Crippen LogP contribution is -2.13. The minimum atomic E-state index is -0.215. The molecule has 3 rings (SSSR count). The highest BCUT2D eigenvalue weighted by atomic mass is 16.3. The van der Waals surface area contributed by atoms with E-state index in [9.17, 15) is 10.2 Å². The summed E-state index contributed by atoms with van der Waals surface area (Å²) in [5.74, 6) is 1.41. The van der Waals surface area contributed by atoms with Crippen molar-refractivity contribution in [2.24, 2.45) is 0 Å². The fourth-order valence-electron chi connectivity index (χ4n) is 2.14. The largest absolute Gasteiger partial charge is 0.504 e. The lowest BCUT2D eigenvalue weighted by molar-refractivity contribution is 0.405. The van der Waals surface area contributed by atoms with Crippen molar-refractivity contribution in [1.82, 2.24) is 9.97 Å². The summed E-state index contributed by atoms with van der Waals surface area (Å²) in [6.45, 7) is 0.454. The second kappa shape index (κ2) is 5.44. The Hall–Kier alpha value is -2.96. The molecule has 0 atom stereocenters. The van der Waals surface area contributed by atoms with Crippen LogP contribution in [0.1, 0.15) is 5.76 Å². The maximum atomic E-state index is 9.67. The fraction of sp³-hybridized carbons (Fsp3) is 0.200. The van der Waals surface area contributed by atoms with Gasteiger partial charge in [0.15, 0.2) is 11.5 Å². The number of rotatable bonds is 4. The fourth-order valence-corrected chi connectivity index (χ4v) is 2.14. The van der Waals surface area contributed by atoms with E-state index in [0.717, 1.165) is 5.76 Å². The van der Waals surface area contributed by atoms with Gasteiger partial charge in [-0.3, -0.25) is 0 Å². The summed E-state index contributed by atoms with van der Waals surface area (Å²) in [7, 11) is 3.70. The van der Waals surface area contributed by atoms with Crippen molar-refractivity contribution in [2.45, 2.75) is 6.54 Å². The summed E-state index contributed by atoms with van der Waals surface area (Å²) in [6, 6.07) is 6.53. The van der Waals surface area contributed by atoms with Crippen LogP contribution in [0.3, 0.4) is 0 Å². The van der Waals surface area contributed by atoms with Gasteiger partial charge in [0.1, 0.15) is 11.6 Å². The summed E-state index contributed by atoms with van der Waals surface area (Å²) in [5.41, 5.74) is 0.538. The highest BCUT2D eigenvalue weighted by Gasteiger charge is 2.13. The highest BCUT2D eigenvalue weighted by molar-refractivity contribution is 5.92. The zero-order valence-corrected chi connectivity index (χ0v) is 12.2. The van der Waals surface area contributed by atoms with Crippen molar-refractivity contribution in [1.29, 1.82) is 0 Å². The van der Waals surface area contributed by atoms with Crippen LogP contribution in [-0.2, 0) is 6.54 Å². The Kier molecular flexibility index (Phi) is 3.46. The third kappa shape index (κ3) is 2.60. The molecule has 0 aliphatic carbocycles. The number of fused-ring (bicyclic) bond motifs is 1. The number of phenolic OH excluding ortho intramolecular Hbond substituents is 2. The second-order valence-electron chi connectivity index (χ2n) is 5.06. The SMILES string of the molecule is CN(C)c1nc(NCc2ccco2)nc2cc(O)c(O)cc12. The van der Waals surface area contributed by atoms with Gasteiger partial charge in [0.05, 0.1) is 18.3 Å². The summed E-state index contributed by atoms with van der Waals surface area (Å²) < 4.78 is 5.25. The number of hydrogen-bond acceptors (Lipinski definition) is 7. The van der Waals surface area contributed by atoms with Gasteiger partial charge in [-0.15, -0.1) is 0 Å². The lowest BCUT2D eigenvalue weighted by atomic mass is 10.2. The van der Waals surface area contributed by atoms with E-state index in [-0.39, 0.29) is 11.5 Å². The van der Waals surface area contributed by atoms with E-state index in [1.165, 1.54) is 12.1 Å². The Bertz CT molecular complexity index is 800. The Labute approximate surface area is 126 Å². The summed E-state index contributed by atoms with van der Waals surface area (Å²) in [4.78, 5) is 10.6. The molecular formula is C15H16N4O3. The molecule has 114 valence electrons. The molecule has 7 heteroatoms. The van der Waals surface area contributed by atoms with E-state index >= 15 is 0 Å². The molecule has 3 aromatic rings. The van der Waals surface area contributed by atoms with Gasteiger partial charge in [0.25, 0.3) is 0 Å². The molecular weight excluding hydrogens is 284 g/mol. The maximum absolute atomic E-state index is 9.67. The molecule has 22 heavy (non-hydrogen) atoms. The van der Waals surface area contributed by atoms with E-state index in [1.54, 1.807) is 6.26 Å². The number of nitrogens with zero attached hydrogens (tertiary/aromatic N) is 3. The Morgan fingerprint density at radius 1 is 1.18 bits per heavy atom. The molecule has 7 nitrogen and oxygen atoms in total. The Morgan fingerprint density at radius 2 is 1.95 bits per heavy atom. The summed E-state index contributed by atoms with van der Waals surface area (Å²) in [6.07, 6.45) is 1.60. The van der Waals surface area contributed by atoms with Crippen molar-refractivity contribution in [3.8, 4) is 11.5 Å². The van der Waals surface area contributed by atoms with Gasteiger partial charge in [-0.25, -0.2) is 4.98 Å². The third-order valence-electron chi connectivity index (χ3n) is 3.20. The number of aromatic hydroxyl groups is 2. The van der Waals surface area contributed by atoms with Crippen LogP contribution in [0.15, 0.2) is 34.9 Å². The molecule has 0 amide bonds. The van der Waals surface area contributed by atoms with Crippen LogP contribution in [0.2, 0.25) is 0 Å². The van der Waals surface area contributed by atoms with Crippen molar-refractivity contribution < 1.29 is 14.6 Å². The van der Waals surface area contributed by atoms with Crippen LogP contribution in [-0.4, -0.2) is 34.3 Å². The lowest BCUT2D eigenvalue weighted by Gasteiger charge is -2.16. The highest BCUT2D eigenvalue weighted by Crippen LogP contribution is 2.33. The molecule has 2 heterocycles. The average molecular weight is 300 g/mol. The summed E-state index contributed by atoms with van der Waals surface area (Å²) in [5, 5.41) is 23.1. The minimum Gasteiger partial charge on any atom is -0.504 e. The van der Waals surface area contributed by atoms with Crippen molar-refractivity contribution in [2.75, 3.05) is 24.3 Å². The predicted octanol–water partition coefficient (Wildman–Crippen LogP) is 2.31. The predicted molar refractivity (Wildman–Crippen MR) is 83.2 cm³/mol. The number of phenols is 2. The zero-order chi connectivity index (χ0) is 15.7. The minimum absolute atomic E-state index is 0.199. The number of anilines is 2. The molecule has 0 saturated carbocycles. The number of furan rings is 1. The number of hydrogen-bond donors (Lipinski definition) is 3. The van der Waals surface area contributed by atoms with Gasteiger partial charge in [0.2, 0.25) is 5.95 Å². The molecule has 3 N–H and O–H groups in total. The van der Waals surface area contributed by atoms with Gasteiger partial charge < -0.3 is 24.8 Å². The molecule has 1 aromatic carbocycles. The topological polar surface area (TPSA) is 94.7 Å².